The molecule has 12 aromatic carbocycles. The smallest absolute Gasteiger partial charge is 0.103 e. The predicted molar refractivity (Wildman–Crippen MR) is 545 cm³/mol. The van der Waals surface area contributed by atoms with Gasteiger partial charge in [0.25, 0.3) is 0 Å². The van der Waals surface area contributed by atoms with Gasteiger partial charge in [-0.25, -0.2) is 9.98 Å². The summed E-state index contributed by atoms with van der Waals surface area (Å²) < 4.78 is 0. The Labute approximate surface area is 743 Å². The highest BCUT2D eigenvalue weighted by molar-refractivity contribution is 6.01. The third-order valence-electron chi connectivity index (χ3n) is 21.1. The van der Waals surface area contributed by atoms with Crippen molar-refractivity contribution in [3.8, 4) is 44.5 Å². The lowest BCUT2D eigenvalue weighted by molar-refractivity contribution is 0.682. The summed E-state index contributed by atoms with van der Waals surface area (Å²) in [4.78, 5) is 38.2. The Morgan fingerprint density at radius 2 is 0.540 bits per heavy atom. The first-order valence-electron chi connectivity index (χ1n) is 44.0. The van der Waals surface area contributed by atoms with Crippen LogP contribution < -0.4 is 16.0 Å². The molecule has 0 aromatic heterocycles. The average Bonchev–Trinajstić information content (AvgIpc) is 0.824. The molecule has 0 saturated carbocycles. The number of para-hydroxylation sites is 4. The van der Waals surface area contributed by atoms with Crippen molar-refractivity contribution in [2.24, 2.45) is 57.7 Å². The third kappa shape index (κ3) is 30.5. The zero-order chi connectivity index (χ0) is 89.5. The highest BCUT2D eigenvalue weighted by Crippen LogP contribution is 2.35. The van der Waals surface area contributed by atoms with E-state index in [1.54, 1.807) is 0 Å². The Hall–Kier alpha value is -12.6. The summed E-state index contributed by atoms with van der Waals surface area (Å²) >= 11 is 0. The van der Waals surface area contributed by atoms with Crippen molar-refractivity contribution in [2.75, 3.05) is 16.0 Å². The summed E-state index contributed by atoms with van der Waals surface area (Å²) in [7, 11) is 0. The van der Waals surface area contributed by atoms with Crippen LogP contribution in [0.15, 0.2) is 307 Å². The highest BCUT2D eigenvalue weighted by Gasteiger charge is 2.14. The lowest BCUT2D eigenvalue weighted by Gasteiger charge is -2.13. The zero-order valence-corrected chi connectivity index (χ0v) is 78.3. The third-order valence-corrected chi connectivity index (χ3v) is 21.1. The maximum atomic E-state index is 4.89. The van der Waals surface area contributed by atoms with Gasteiger partial charge < -0.3 is 16.0 Å². The Balaban J connectivity index is 0.000000190. The molecule has 0 aliphatic heterocycles. The number of nitrogens with one attached hydrogen (secondary N) is 3. The Morgan fingerprint density at radius 1 is 0.250 bits per heavy atom. The molecule has 0 saturated heterocycles. The maximum Gasteiger partial charge on any atom is 0.103 e. The molecule has 0 atom stereocenters. The normalized spacial score (nSPS) is 12.4. The highest BCUT2D eigenvalue weighted by atomic mass is 15.0. The molecule has 12 aromatic rings. The summed E-state index contributed by atoms with van der Waals surface area (Å²) in [6.07, 6.45) is 4.85. The van der Waals surface area contributed by atoms with E-state index in [0.717, 1.165) is 129 Å². The van der Waals surface area contributed by atoms with Crippen LogP contribution in [0, 0.1) is 73.1 Å². The van der Waals surface area contributed by atoms with E-state index in [4.69, 9.17) is 34.9 Å². The number of benzene rings is 12. The molecule has 3 N–H and O–H groups in total. The maximum absolute atomic E-state index is 4.89. The van der Waals surface area contributed by atoms with Gasteiger partial charge in [0.05, 0.1) is 45.6 Å². The fourth-order valence-electron chi connectivity index (χ4n) is 15.3. The van der Waals surface area contributed by atoms with E-state index in [2.05, 4.69) is 421 Å². The van der Waals surface area contributed by atoms with Gasteiger partial charge in [-0.3, -0.25) is 30.0 Å². The van der Waals surface area contributed by atoms with Gasteiger partial charge in [-0.15, -0.1) is 0 Å². The monoisotopic (exact) mass is 1640 g/mol. The first-order chi connectivity index (χ1) is 59.3. The van der Waals surface area contributed by atoms with Crippen LogP contribution in [-0.4, -0.2) is 52.1 Å². The molecule has 640 valence electrons. The van der Waals surface area contributed by atoms with Crippen molar-refractivity contribution in [1.82, 2.24) is 0 Å². The summed E-state index contributed by atoms with van der Waals surface area (Å²) in [6.45, 7) is 51.1. The van der Waals surface area contributed by atoms with Crippen LogP contribution in [0.2, 0.25) is 0 Å². The van der Waals surface area contributed by atoms with Crippen molar-refractivity contribution < 1.29 is 0 Å². The first kappa shape index (κ1) is 95.2. The van der Waals surface area contributed by atoms with Crippen LogP contribution in [0.1, 0.15) is 186 Å². The van der Waals surface area contributed by atoms with Crippen molar-refractivity contribution >= 4 is 103 Å². The van der Waals surface area contributed by atoms with Crippen LogP contribution in [0.5, 0.6) is 0 Å². The lowest BCUT2D eigenvalue weighted by Crippen LogP contribution is -2.10. The van der Waals surface area contributed by atoms with Crippen LogP contribution >= 0.6 is 0 Å². The lowest BCUT2D eigenvalue weighted by atomic mass is 9.98. The van der Waals surface area contributed by atoms with Gasteiger partial charge >= 0.3 is 0 Å². The molecular weight excluding hydrogens is 1510 g/mol. The molecule has 0 spiro atoms. The number of hydrogen-bond donors (Lipinski definition) is 3. The Morgan fingerprint density at radius 3 is 0.895 bits per heavy atom. The van der Waals surface area contributed by atoms with Gasteiger partial charge in [-0.1, -0.05) is 224 Å². The molecule has 124 heavy (non-hydrogen) atoms. The second-order valence-electron chi connectivity index (χ2n) is 34.6. The summed E-state index contributed by atoms with van der Waals surface area (Å²) in [6, 6.07) is 93.2. The molecule has 12 rings (SSSR count). The van der Waals surface area contributed by atoms with Crippen LogP contribution in [0.25, 0.3) is 44.5 Å². The van der Waals surface area contributed by atoms with Crippen molar-refractivity contribution in [3.05, 3.63) is 323 Å². The molecule has 0 fully saturated rings. The van der Waals surface area contributed by atoms with Gasteiger partial charge in [-0.05, 0) is 336 Å². The minimum absolute atomic E-state index is 0.279. The number of amidine groups is 3. The van der Waals surface area contributed by atoms with E-state index in [9.17, 15) is 0 Å². The Bertz CT molecular complexity index is 5680. The molecule has 0 unspecified atom stereocenters. The van der Waals surface area contributed by atoms with Gasteiger partial charge in [0.15, 0.2) is 0 Å². The van der Waals surface area contributed by atoms with Crippen molar-refractivity contribution in [2.45, 2.75) is 204 Å². The number of anilines is 3. The minimum Gasteiger partial charge on any atom is -0.344 e. The largest absolute Gasteiger partial charge is 0.344 e. The zero-order valence-electron chi connectivity index (χ0n) is 78.3. The van der Waals surface area contributed by atoms with Crippen LogP contribution in [0.4, 0.5) is 56.9 Å². The number of aryl methyl sites for hydroxylation is 8. The van der Waals surface area contributed by atoms with Crippen LogP contribution in [0.3, 0.4) is 0 Å². The van der Waals surface area contributed by atoms with Crippen LogP contribution in [-0.2, 0) is 12.8 Å². The molecule has 0 amide bonds. The number of rotatable bonds is 25. The van der Waals surface area contributed by atoms with Crippen molar-refractivity contribution in [3.63, 3.8) is 0 Å². The van der Waals surface area contributed by atoms with Gasteiger partial charge in [-0.2, -0.15) is 0 Å². The Kier molecular flexibility index (Phi) is 36.2. The van der Waals surface area contributed by atoms with E-state index < -0.39 is 0 Å². The topological polar surface area (TPSA) is 135 Å². The fourth-order valence-corrected chi connectivity index (χ4v) is 15.3. The first-order valence-corrected chi connectivity index (χ1v) is 44.0. The van der Waals surface area contributed by atoms with E-state index in [-0.39, 0.29) is 6.04 Å². The number of hydrogen-bond acceptors (Lipinski definition) is 8. The quantitative estimate of drug-likeness (QED) is 0.0388. The fraction of sp³-hybridized carbons (Fsp3) is 0.292. The summed E-state index contributed by atoms with van der Waals surface area (Å²) in [5.41, 5.74) is 38.1. The summed E-state index contributed by atoms with van der Waals surface area (Å²) in [5, 5.41) is 10.4. The summed E-state index contributed by atoms with van der Waals surface area (Å²) in [5.74, 6) is 4.57. The predicted octanol–water partition coefficient (Wildman–Crippen LogP) is 32.5. The van der Waals surface area contributed by atoms with Crippen molar-refractivity contribution in [1.29, 1.82) is 0 Å². The number of aliphatic imine (C=N–C) groups is 8. The van der Waals surface area contributed by atoms with E-state index >= 15 is 0 Å². The molecular formula is C113H133N11. The molecule has 11 nitrogen and oxygen atoms in total. The number of nitrogens with zero attached hydrogens (tertiary/aromatic N) is 8. The molecule has 0 heterocycles. The molecule has 0 aliphatic carbocycles. The van der Waals surface area contributed by atoms with E-state index in [1.807, 2.05) is 32.9 Å². The molecule has 11 heteroatoms. The SMILES string of the molecule is CC(CC(C)C)=Nc1ccc(-c2cccc(N=C(C)CC(C)C)c2)cc1.CC(CC(C)C)=Nc1ccc(-c2ccccc2NC(C)=NC(C)C)cc1.CC(Cc1c(C)cccc1C)=Nc1ccc(-c2ccc(NC(C)=Nc3c(C)cccc3C)cc2)cc1.CC(Cc1c(C)cccc1C)=Nc1ccc(-c2ccccc2NC(C)=Nc2c(C)cccc2C)cc1. The average molecular weight is 1650 g/mol. The van der Waals surface area contributed by atoms with E-state index in [1.165, 1.54) is 106 Å². The molecule has 0 aliphatic rings. The van der Waals surface area contributed by atoms with Gasteiger partial charge in [0, 0.05) is 75.6 Å². The van der Waals surface area contributed by atoms with Gasteiger partial charge in [0.1, 0.15) is 11.7 Å². The standard InChI is InChI=1S/2C33H35N3.C24H32N2.C23H31N3/c1-22-9-7-10-23(2)32(22)21-26(5)34-30-17-13-28(14-18-30)29-15-19-31(20-16-29)35-27(6)36-33-24(3)11-8-12-25(33)4;1-22-11-9-12-23(2)31(22)21-26(5)34-29-19-17-28(18-20-29)30-15-7-8-16-32(30)35-27(6)36-33-24(3)13-10-14-25(33)4;1-17(2)14-19(5)25-23-12-10-21(11-13-23)22-8-7-9-24(16-22)26-20(6)15-18(3)4;1-16(2)15-18(5)25-21-13-11-20(12-14-21)22-9-7-8-10-23(22)26-19(6)24-17(3)4/h2*7-20H,21H2,1-6H3,(H,35,36);7-13,16-18H,14-15H2,1-6H3;7-14,16-17H,15H2,1-6H3,(H,24,26). The second-order valence-corrected chi connectivity index (χ2v) is 34.6. The molecule has 0 bridgehead atoms. The van der Waals surface area contributed by atoms with Gasteiger partial charge in [0.2, 0.25) is 0 Å². The second kappa shape index (κ2) is 47.2. The molecule has 0 radical (unpaired) electrons. The minimum atomic E-state index is 0.279. The van der Waals surface area contributed by atoms with E-state index in [0.29, 0.717) is 17.8 Å².